The topological polar surface area (TPSA) is 66.4 Å². The first kappa shape index (κ1) is 13.4. The summed E-state index contributed by atoms with van der Waals surface area (Å²) in [5.41, 5.74) is 0.647. The fourth-order valence-corrected chi connectivity index (χ4v) is 4.42. The quantitative estimate of drug-likeness (QED) is 0.755. The normalized spacial score (nSPS) is 27.0. The summed E-state index contributed by atoms with van der Waals surface area (Å²) in [4.78, 5) is 0. The van der Waals surface area contributed by atoms with E-state index >= 15 is 0 Å². The molecule has 1 aliphatic heterocycles. The van der Waals surface area contributed by atoms with Crippen LogP contribution in [0.1, 0.15) is 0 Å². The fourth-order valence-electron chi connectivity index (χ4n) is 1.77. The van der Waals surface area contributed by atoms with Crippen molar-refractivity contribution in [3.8, 4) is 0 Å². The molecule has 1 aromatic carbocycles. The van der Waals surface area contributed by atoms with E-state index < -0.39 is 22.0 Å². The maximum atomic E-state index is 11.3. The van der Waals surface area contributed by atoms with E-state index in [9.17, 15) is 13.5 Å². The molecule has 2 N–H and O–H groups in total. The van der Waals surface area contributed by atoms with Gasteiger partial charge in [-0.25, -0.2) is 8.42 Å². The number of benzene rings is 1. The maximum absolute atomic E-state index is 11.3. The number of rotatable bonds is 2. The van der Waals surface area contributed by atoms with Crippen LogP contribution in [0.25, 0.3) is 0 Å². The molecule has 1 fully saturated rings. The predicted molar refractivity (Wildman–Crippen MR) is 76.2 cm³/mol. The van der Waals surface area contributed by atoms with E-state index in [4.69, 9.17) is 11.6 Å². The summed E-state index contributed by atoms with van der Waals surface area (Å²) in [5, 5.41) is 13.1. The Morgan fingerprint density at radius 1 is 1.41 bits per heavy atom. The van der Waals surface area contributed by atoms with Gasteiger partial charge >= 0.3 is 0 Å². The standard InChI is InChI=1S/C10H11ClINO3S/c11-7-3-6(12)1-2-8(7)13-9-4-17(15,16)5-10(9)14/h1-3,9-10,13-14H,4-5H2. The molecule has 0 aliphatic carbocycles. The number of nitrogens with one attached hydrogen (secondary N) is 1. The van der Waals surface area contributed by atoms with Crippen LogP contribution in [0.15, 0.2) is 18.2 Å². The molecule has 2 unspecified atom stereocenters. The highest BCUT2D eigenvalue weighted by Crippen LogP contribution is 2.26. The molecule has 1 aromatic rings. The van der Waals surface area contributed by atoms with E-state index in [2.05, 4.69) is 27.9 Å². The van der Waals surface area contributed by atoms with Crippen molar-refractivity contribution in [2.24, 2.45) is 0 Å². The fraction of sp³-hybridized carbons (Fsp3) is 0.400. The minimum atomic E-state index is -3.14. The van der Waals surface area contributed by atoms with Gasteiger partial charge in [0.25, 0.3) is 0 Å². The van der Waals surface area contributed by atoms with Crippen LogP contribution in [0.2, 0.25) is 5.02 Å². The Morgan fingerprint density at radius 3 is 2.65 bits per heavy atom. The SMILES string of the molecule is O=S1(=O)CC(O)C(Nc2ccc(I)cc2Cl)C1. The summed E-state index contributed by atoms with van der Waals surface area (Å²) in [5.74, 6) is -0.247. The number of halogens is 2. The largest absolute Gasteiger partial charge is 0.390 e. The third-order valence-electron chi connectivity index (χ3n) is 2.59. The molecule has 4 nitrogen and oxygen atoms in total. The Hall–Kier alpha value is -0.0500. The second kappa shape index (κ2) is 4.91. The number of hydrogen-bond acceptors (Lipinski definition) is 4. The molecule has 1 aliphatic rings. The molecule has 2 rings (SSSR count). The van der Waals surface area contributed by atoms with Crippen LogP contribution in [0, 0.1) is 3.57 Å². The lowest BCUT2D eigenvalue weighted by atomic mass is 10.2. The zero-order chi connectivity index (χ0) is 12.6. The molecule has 0 spiro atoms. The van der Waals surface area contributed by atoms with Gasteiger partial charge in [0.15, 0.2) is 9.84 Å². The number of hydrogen-bond donors (Lipinski definition) is 2. The second-order valence-electron chi connectivity index (χ2n) is 4.02. The molecule has 17 heavy (non-hydrogen) atoms. The van der Waals surface area contributed by atoms with Crippen molar-refractivity contribution >= 4 is 49.7 Å². The molecule has 0 bridgehead atoms. The third kappa shape index (κ3) is 3.24. The average molecular weight is 388 g/mol. The number of aliphatic hydroxyl groups is 1. The van der Waals surface area contributed by atoms with Gasteiger partial charge in [-0.1, -0.05) is 11.6 Å². The Balaban J connectivity index is 2.17. The van der Waals surface area contributed by atoms with Gasteiger partial charge in [-0.15, -0.1) is 0 Å². The molecule has 0 saturated carbocycles. The lowest BCUT2D eigenvalue weighted by molar-refractivity contribution is 0.190. The van der Waals surface area contributed by atoms with Crippen LogP contribution in [0.4, 0.5) is 5.69 Å². The monoisotopic (exact) mass is 387 g/mol. The lowest BCUT2D eigenvalue weighted by Crippen LogP contribution is -2.31. The number of aliphatic hydroxyl groups excluding tert-OH is 1. The van der Waals surface area contributed by atoms with Crippen molar-refractivity contribution in [2.45, 2.75) is 12.1 Å². The van der Waals surface area contributed by atoms with Crippen molar-refractivity contribution in [1.29, 1.82) is 0 Å². The minimum Gasteiger partial charge on any atom is -0.390 e. The summed E-state index contributed by atoms with van der Waals surface area (Å²) in [6, 6.07) is 4.93. The van der Waals surface area contributed by atoms with Crippen LogP contribution in [0.5, 0.6) is 0 Å². The Bertz CT molecular complexity index is 534. The van der Waals surface area contributed by atoms with Crippen molar-refractivity contribution in [3.05, 3.63) is 26.8 Å². The minimum absolute atomic E-state index is 0.0590. The summed E-state index contributed by atoms with van der Waals surface area (Å²) in [6.45, 7) is 0. The first-order valence-corrected chi connectivity index (χ1v) is 8.25. The van der Waals surface area contributed by atoms with E-state index in [1.807, 2.05) is 6.07 Å². The lowest BCUT2D eigenvalue weighted by Gasteiger charge is -2.17. The molecular weight excluding hydrogens is 377 g/mol. The average Bonchev–Trinajstić information content (AvgIpc) is 2.44. The molecule has 0 aromatic heterocycles. The Labute approximate surface area is 118 Å². The highest BCUT2D eigenvalue weighted by atomic mass is 127. The number of anilines is 1. The highest BCUT2D eigenvalue weighted by Gasteiger charge is 2.36. The first-order valence-electron chi connectivity index (χ1n) is 4.97. The van der Waals surface area contributed by atoms with Gasteiger partial charge in [-0.3, -0.25) is 0 Å². The van der Waals surface area contributed by atoms with Crippen LogP contribution in [-0.2, 0) is 9.84 Å². The summed E-state index contributed by atoms with van der Waals surface area (Å²) >= 11 is 8.17. The third-order valence-corrected chi connectivity index (χ3v) is 5.29. The van der Waals surface area contributed by atoms with Gasteiger partial charge in [-0.2, -0.15) is 0 Å². The van der Waals surface area contributed by atoms with E-state index in [0.29, 0.717) is 10.7 Å². The zero-order valence-corrected chi connectivity index (χ0v) is 12.5. The van der Waals surface area contributed by atoms with E-state index in [0.717, 1.165) is 3.57 Å². The van der Waals surface area contributed by atoms with E-state index in [1.54, 1.807) is 12.1 Å². The molecule has 1 heterocycles. The smallest absolute Gasteiger partial charge is 0.155 e. The van der Waals surface area contributed by atoms with Gasteiger partial charge in [0.1, 0.15) is 0 Å². The highest BCUT2D eigenvalue weighted by molar-refractivity contribution is 14.1. The molecule has 7 heteroatoms. The molecule has 0 amide bonds. The summed E-state index contributed by atoms with van der Waals surface area (Å²) < 4.78 is 23.7. The molecule has 1 saturated heterocycles. The summed E-state index contributed by atoms with van der Waals surface area (Å²) in [7, 11) is -3.14. The molecule has 94 valence electrons. The summed E-state index contributed by atoms with van der Waals surface area (Å²) in [6.07, 6.45) is -0.879. The van der Waals surface area contributed by atoms with Crippen LogP contribution in [-0.4, -0.2) is 37.2 Å². The van der Waals surface area contributed by atoms with Gasteiger partial charge < -0.3 is 10.4 Å². The molecular formula is C10H11ClINO3S. The molecule has 2 atom stereocenters. The maximum Gasteiger partial charge on any atom is 0.155 e. The molecule has 0 radical (unpaired) electrons. The van der Waals surface area contributed by atoms with Crippen LogP contribution < -0.4 is 5.32 Å². The zero-order valence-electron chi connectivity index (χ0n) is 8.73. The van der Waals surface area contributed by atoms with Gasteiger partial charge in [0, 0.05) is 3.57 Å². The van der Waals surface area contributed by atoms with Gasteiger partial charge in [-0.05, 0) is 40.8 Å². The van der Waals surface area contributed by atoms with Crippen LogP contribution in [0.3, 0.4) is 0 Å². The van der Waals surface area contributed by atoms with Crippen molar-refractivity contribution < 1.29 is 13.5 Å². The van der Waals surface area contributed by atoms with E-state index in [-0.39, 0.29) is 11.5 Å². The second-order valence-corrected chi connectivity index (χ2v) is 7.83. The van der Waals surface area contributed by atoms with Crippen molar-refractivity contribution in [3.63, 3.8) is 0 Å². The Morgan fingerprint density at radius 2 is 2.12 bits per heavy atom. The first-order chi connectivity index (χ1) is 7.87. The Kier molecular flexibility index (Phi) is 3.86. The predicted octanol–water partition coefficient (Wildman–Crippen LogP) is 1.51. The van der Waals surface area contributed by atoms with Crippen LogP contribution >= 0.6 is 34.2 Å². The van der Waals surface area contributed by atoms with Gasteiger partial charge in [0.05, 0.1) is 34.4 Å². The van der Waals surface area contributed by atoms with Gasteiger partial charge in [0.2, 0.25) is 0 Å². The van der Waals surface area contributed by atoms with E-state index in [1.165, 1.54) is 0 Å². The van der Waals surface area contributed by atoms with Crippen molar-refractivity contribution in [1.82, 2.24) is 0 Å². The number of sulfone groups is 1. The van der Waals surface area contributed by atoms with Crippen molar-refractivity contribution in [2.75, 3.05) is 16.8 Å².